The van der Waals surface area contributed by atoms with Crippen molar-refractivity contribution in [1.82, 2.24) is 9.55 Å². The van der Waals surface area contributed by atoms with Gasteiger partial charge in [0, 0.05) is 7.05 Å². The summed E-state index contributed by atoms with van der Waals surface area (Å²) < 4.78 is 92.0. The van der Waals surface area contributed by atoms with Crippen molar-refractivity contribution in [1.29, 1.82) is 0 Å². The molecule has 2 aromatic carbocycles. The van der Waals surface area contributed by atoms with E-state index in [0.717, 1.165) is 18.2 Å². The highest BCUT2D eigenvalue weighted by Crippen LogP contribution is 2.37. The van der Waals surface area contributed by atoms with Crippen LogP contribution in [0.25, 0.3) is 22.4 Å². The van der Waals surface area contributed by atoms with Crippen LogP contribution in [0.15, 0.2) is 30.3 Å². The zero-order valence-corrected chi connectivity index (χ0v) is 13.0. The number of rotatable bonds is 1. The predicted octanol–water partition coefficient (Wildman–Crippen LogP) is 5.00. The fourth-order valence-electron chi connectivity index (χ4n) is 2.66. The molecular weight excluding hydrogens is 367 g/mol. The van der Waals surface area contributed by atoms with Crippen LogP contribution in [-0.4, -0.2) is 9.55 Å². The molecule has 0 aliphatic heterocycles. The maximum Gasteiger partial charge on any atom is 0.416 e. The fourth-order valence-corrected chi connectivity index (χ4v) is 2.66. The van der Waals surface area contributed by atoms with E-state index >= 15 is 0 Å². The van der Waals surface area contributed by atoms with Crippen LogP contribution < -0.4 is 5.73 Å². The van der Waals surface area contributed by atoms with Crippen LogP contribution in [0.3, 0.4) is 0 Å². The number of hydrogen-bond acceptors (Lipinski definition) is 2. The highest BCUT2D eigenvalue weighted by atomic mass is 19.4. The first kappa shape index (κ1) is 18.0. The molecule has 0 bridgehead atoms. The maximum atomic E-state index is 14.2. The second-order valence-electron chi connectivity index (χ2n) is 5.62. The van der Waals surface area contributed by atoms with E-state index in [4.69, 9.17) is 5.73 Å². The van der Waals surface area contributed by atoms with Crippen molar-refractivity contribution in [2.45, 2.75) is 12.4 Å². The zero-order chi connectivity index (χ0) is 19.4. The summed E-state index contributed by atoms with van der Waals surface area (Å²) in [6.07, 6.45) is -9.38. The quantitative estimate of drug-likeness (QED) is 0.479. The molecule has 10 heteroatoms. The molecule has 0 amide bonds. The van der Waals surface area contributed by atoms with Gasteiger partial charge in [0.05, 0.1) is 33.4 Å². The second-order valence-corrected chi connectivity index (χ2v) is 5.62. The molecule has 0 spiro atoms. The molecule has 0 aliphatic carbocycles. The average molecular weight is 377 g/mol. The molecule has 1 heterocycles. The topological polar surface area (TPSA) is 43.8 Å². The SMILES string of the molecule is Cn1c(-c2ccc(C(F)(F)F)cc2F)nc2cc(C(F)(F)F)cc(N)c21. The highest BCUT2D eigenvalue weighted by molar-refractivity contribution is 5.91. The van der Waals surface area contributed by atoms with Crippen LogP contribution in [0.5, 0.6) is 0 Å². The highest BCUT2D eigenvalue weighted by Gasteiger charge is 2.33. The molecule has 0 radical (unpaired) electrons. The summed E-state index contributed by atoms with van der Waals surface area (Å²) in [5.41, 5.74) is 2.90. The monoisotopic (exact) mass is 377 g/mol. The van der Waals surface area contributed by atoms with E-state index in [0.29, 0.717) is 12.1 Å². The average Bonchev–Trinajstić information content (AvgIpc) is 2.82. The summed E-state index contributed by atoms with van der Waals surface area (Å²) in [5.74, 6) is -1.34. The Morgan fingerprint density at radius 3 is 2.08 bits per heavy atom. The largest absolute Gasteiger partial charge is 0.416 e. The summed E-state index contributed by atoms with van der Waals surface area (Å²) in [4.78, 5) is 3.93. The molecule has 26 heavy (non-hydrogen) atoms. The number of alkyl halides is 6. The smallest absolute Gasteiger partial charge is 0.397 e. The second kappa shape index (κ2) is 5.61. The van der Waals surface area contributed by atoms with Crippen LogP contribution >= 0.6 is 0 Å². The van der Waals surface area contributed by atoms with Crippen molar-refractivity contribution in [3.8, 4) is 11.4 Å². The van der Waals surface area contributed by atoms with Crippen molar-refractivity contribution in [2.75, 3.05) is 5.73 Å². The third kappa shape index (κ3) is 2.95. The number of fused-ring (bicyclic) bond motifs is 1. The summed E-state index contributed by atoms with van der Waals surface area (Å²) in [6, 6.07) is 3.32. The Hall–Kier alpha value is -2.78. The van der Waals surface area contributed by atoms with Crippen LogP contribution in [0.1, 0.15) is 11.1 Å². The molecule has 3 nitrogen and oxygen atoms in total. The van der Waals surface area contributed by atoms with Crippen molar-refractivity contribution >= 4 is 16.7 Å². The molecule has 1 aromatic heterocycles. The van der Waals surface area contributed by atoms with Gasteiger partial charge in [0.15, 0.2) is 0 Å². The van der Waals surface area contributed by atoms with Crippen molar-refractivity contribution in [3.05, 3.63) is 47.3 Å². The van der Waals surface area contributed by atoms with E-state index in [2.05, 4.69) is 4.98 Å². The standard InChI is InChI=1S/C16H10F7N3/c1-26-13-11(24)5-8(16(21,22)23)6-12(13)25-14(26)9-3-2-7(4-10(9)17)15(18,19)20/h2-6H,24H2,1H3. The minimum absolute atomic E-state index is 0.118. The van der Waals surface area contributed by atoms with E-state index in [1.807, 2.05) is 0 Å². The number of nitrogen functional groups attached to an aromatic ring is 1. The lowest BCUT2D eigenvalue weighted by atomic mass is 10.1. The predicted molar refractivity (Wildman–Crippen MR) is 80.5 cm³/mol. The van der Waals surface area contributed by atoms with E-state index < -0.39 is 29.3 Å². The number of anilines is 1. The molecule has 2 N–H and O–H groups in total. The van der Waals surface area contributed by atoms with Gasteiger partial charge in [0.25, 0.3) is 0 Å². The van der Waals surface area contributed by atoms with Gasteiger partial charge in [-0.2, -0.15) is 26.3 Å². The van der Waals surface area contributed by atoms with Crippen LogP contribution in [0.2, 0.25) is 0 Å². The van der Waals surface area contributed by atoms with E-state index in [1.54, 1.807) is 0 Å². The van der Waals surface area contributed by atoms with Gasteiger partial charge >= 0.3 is 12.4 Å². The van der Waals surface area contributed by atoms with E-state index in [9.17, 15) is 30.7 Å². The summed E-state index contributed by atoms with van der Waals surface area (Å²) in [6.45, 7) is 0. The Morgan fingerprint density at radius 2 is 1.54 bits per heavy atom. The molecule has 0 atom stereocenters. The molecular formula is C16H10F7N3. The molecule has 0 saturated heterocycles. The van der Waals surface area contributed by atoms with Gasteiger partial charge in [-0.15, -0.1) is 0 Å². The van der Waals surface area contributed by atoms with Gasteiger partial charge in [-0.05, 0) is 30.3 Å². The van der Waals surface area contributed by atoms with Crippen LogP contribution in [-0.2, 0) is 19.4 Å². The normalized spacial score (nSPS) is 12.8. The lowest BCUT2D eigenvalue weighted by molar-refractivity contribution is -0.138. The molecule has 3 rings (SSSR count). The Bertz CT molecular complexity index is 1000. The lowest BCUT2D eigenvalue weighted by Crippen LogP contribution is -2.06. The number of nitrogens with zero attached hydrogens (tertiary/aromatic N) is 2. The number of hydrogen-bond donors (Lipinski definition) is 1. The van der Waals surface area contributed by atoms with Crippen molar-refractivity contribution in [2.24, 2.45) is 7.05 Å². The van der Waals surface area contributed by atoms with Crippen LogP contribution in [0.4, 0.5) is 36.4 Å². The number of benzene rings is 2. The summed E-state index contributed by atoms with van der Waals surface area (Å²) >= 11 is 0. The van der Waals surface area contributed by atoms with Gasteiger partial charge in [0.2, 0.25) is 0 Å². The Kier molecular flexibility index (Phi) is 3.89. The minimum Gasteiger partial charge on any atom is -0.397 e. The number of imidazole rings is 1. The third-order valence-electron chi connectivity index (χ3n) is 3.86. The minimum atomic E-state index is -4.72. The first-order valence-corrected chi connectivity index (χ1v) is 7.10. The number of aromatic nitrogens is 2. The van der Waals surface area contributed by atoms with Crippen molar-refractivity contribution in [3.63, 3.8) is 0 Å². The molecule has 0 unspecified atom stereocenters. The van der Waals surface area contributed by atoms with Gasteiger partial charge in [-0.3, -0.25) is 0 Å². The third-order valence-corrected chi connectivity index (χ3v) is 3.86. The van der Waals surface area contributed by atoms with Gasteiger partial charge in [-0.25, -0.2) is 9.37 Å². The fraction of sp³-hybridized carbons (Fsp3) is 0.188. The first-order chi connectivity index (χ1) is 11.9. The van der Waals surface area contributed by atoms with Gasteiger partial charge < -0.3 is 10.3 Å². The molecule has 3 aromatic rings. The van der Waals surface area contributed by atoms with Crippen molar-refractivity contribution < 1.29 is 30.7 Å². The summed E-state index contributed by atoms with van der Waals surface area (Å²) in [5, 5.41) is 0. The maximum absolute atomic E-state index is 14.2. The first-order valence-electron chi connectivity index (χ1n) is 7.10. The van der Waals surface area contributed by atoms with Gasteiger partial charge in [-0.1, -0.05) is 0 Å². The zero-order valence-electron chi connectivity index (χ0n) is 13.0. The molecule has 138 valence electrons. The Morgan fingerprint density at radius 1 is 0.923 bits per heavy atom. The molecule has 0 fully saturated rings. The number of aryl methyl sites for hydroxylation is 1. The Balaban J connectivity index is 2.21. The Labute approximate surface area is 141 Å². The van der Waals surface area contributed by atoms with E-state index in [1.165, 1.54) is 11.6 Å². The van der Waals surface area contributed by atoms with Gasteiger partial charge in [0.1, 0.15) is 11.6 Å². The number of halogens is 7. The number of nitrogens with two attached hydrogens (primary N) is 1. The molecule has 0 saturated carbocycles. The van der Waals surface area contributed by atoms with E-state index in [-0.39, 0.29) is 28.1 Å². The van der Waals surface area contributed by atoms with Crippen LogP contribution in [0, 0.1) is 5.82 Å². The summed E-state index contributed by atoms with van der Waals surface area (Å²) in [7, 11) is 1.38. The lowest BCUT2D eigenvalue weighted by Gasteiger charge is -2.10. The molecule has 0 aliphatic rings.